The summed E-state index contributed by atoms with van der Waals surface area (Å²) in [6.45, 7) is 5.26. The van der Waals surface area contributed by atoms with Crippen molar-refractivity contribution in [2.45, 2.75) is 45.8 Å². The maximum Gasteiger partial charge on any atom is 0.410 e. The molecule has 0 saturated carbocycles. The minimum atomic E-state index is -1.77. The van der Waals surface area contributed by atoms with Crippen molar-refractivity contribution >= 4 is 18.0 Å². The molecule has 0 aliphatic carbocycles. The van der Waals surface area contributed by atoms with Crippen LogP contribution < -0.4 is 0 Å². The van der Waals surface area contributed by atoms with Crippen LogP contribution in [0.5, 0.6) is 0 Å². The lowest BCUT2D eigenvalue weighted by molar-refractivity contribution is -0.173. The fraction of sp³-hybridized carbons (Fsp3) is 0.526. The van der Waals surface area contributed by atoms with Crippen LogP contribution in [0.15, 0.2) is 30.3 Å². The molecule has 1 atom stereocenters. The molecule has 1 saturated heterocycles. The van der Waals surface area contributed by atoms with E-state index in [-0.39, 0.29) is 19.6 Å². The van der Waals surface area contributed by atoms with Crippen molar-refractivity contribution in [3.63, 3.8) is 0 Å². The zero-order valence-electron chi connectivity index (χ0n) is 15.4. The summed E-state index contributed by atoms with van der Waals surface area (Å²) in [6.07, 6.45) is -0.125. The Morgan fingerprint density at radius 2 is 1.85 bits per heavy atom. The number of carbonyl (C=O) groups is 3. The lowest BCUT2D eigenvalue weighted by Crippen LogP contribution is -2.55. The molecule has 1 aromatic carbocycles. The molecular weight excluding hydrogens is 338 g/mol. The summed E-state index contributed by atoms with van der Waals surface area (Å²) in [7, 11) is 0. The topological polar surface area (TPSA) is 93.1 Å². The summed E-state index contributed by atoms with van der Waals surface area (Å²) in [5.74, 6) is -2.12. The number of rotatable bonds is 4. The van der Waals surface area contributed by atoms with Crippen LogP contribution in [0.3, 0.4) is 0 Å². The van der Waals surface area contributed by atoms with Crippen molar-refractivity contribution in [3.05, 3.63) is 35.9 Å². The Hall–Kier alpha value is -2.57. The predicted molar refractivity (Wildman–Crippen MR) is 93.3 cm³/mol. The molecule has 1 aromatic rings. The van der Waals surface area contributed by atoms with Crippen molar-refractivity contribution in [3.8, 4) is 0 Å². The molecule has 142 valence electrons. The van der Waals surface area contributed by atoms with Gasteiger partial charge in [0.2, 0.25) is 0 Å². The van der Waals surface area contributed by atoms with Gasteiger partial charge in [0, 0.05) is 6.54 Å². The molecule has 7 nitrogen and oxygen atoms in total. The number of amides is 1. The van der Waals surface area contributed by atoms with Gasteiger partial charge in [0.1, 0.15) is 12.2 Å². The molecule has 1 fully saturated rings. The Morgan fingerprint density at radius 1 is 1.19 bits per heavy atom. The van der Waals surface area contributed by atoms with E-state index in [0.29, 0.717) is 13.0 Å². The first-order valence-corrected chi connectivity index (χ1v) is 8.56. The van der Waals surface area contributed by atoms with E-state index in [0.717, 1.165) is 5.56 Å². The average molecular weight is 363 g/mol. The molecule has 1 N–H and O–H groups in total. The van der Waals surface area contributed by atoms with E-state index in [2.05, 4.69) is 0 Å². The number of piperidine rings is 1. The normalized spacial score (nSPS) is 20.3. The van der Waals surface area contributed by atoms with Gasteiger partial charge in [0.05, 0.1) is 6.54 Å². The molecule has 2 rings (SSSR count). The summed E-state index contributed by atoms with van der Waals surface area (Å²) in [5.41, 5.74) is -1.71. The minimum absolute atomic E-state index is 0.0128. The van der Waals surface area contributed by atoms with Gasteiger partial charge in [-0.25, -0.2) is 4.79 Å². The number of aliphatic carboxylic acids is 1. The number of nitrogens with zero attached hydrogens (tertiary/aromatic N) is 1. The van der Waals surface area contributed by atoms with Gasteiger partial charge < -0.3 is 19.5 Å². The molecule has 0 spiro atoms. The zero-order chi connectivity index (χ0) is 19.4. The first-order chi connectivity index (χ1) is 12.1. The van der Waals surface area contributed by atoms with E-state index >= 15 is 0 Å². The second-order valence-corrected chi connectivity index (χ2v) is 7.45. The second kappa shape index (κ2) is 7.76. The lowest BCUT2D eigenvalue weighted by Gasteiger charge is -2.38. The molecule has 1 heterocycles. The van der Waals surface area contributed by atoms with E-state index in [9.17, 15) is 19.5 Å². The van der Waals surface area contributed by atoms with Gasteiger partial charge in [0.25, 0.3) is 0 Å². The van der Waals surface area contributed by atoms with Crippen LogP contribution in [-0.2, 0) is 25.7 Å². The lowest BCUT2D eigenvalue weighted by atomic mass is 9.80. The van der Waals surface area contributed by atoms with Crippen molar-refractivity contribution in [2.75, 3.05) is 13.1 Å². The summed E-state index contributed by atoms with van der Waals surface area (Å²) in [6, 6.07) is 9.02. The van der Waals surface area contributed by atoms with Crippen LogP contribution in [0.25, 0.3) is 0 Å². The van der Waals surface area contributed by atoms with Gasteiger partial charge in [0.15, 0.2) is 5.41 Å². The number of likely N-dealkylation sites (tertiary alicyclic amines) is 1. The van der Waals surface area contributed by atoms with E-state index in [1.54, 1.807) is 45.0 Å². The molecule has 1 aliphatic rings. The number of carboxylic acids is 1. The molecule has 0 bridgehead atoms. The number of ether oxygens (including phenoxy) is 2. The Bertz CT molecular complexity index is 666. The SMILES string of the molecule is CC(C)(C)OC(=O)N1CCCC(C(=O)O)(C(=O)OCc2ccccc2)C1. The Balaban J connectivity index is 2.11. The number of hydrogen-bond acceptors (Lipinski definition) is 5. The van der Waals surface area contributed by atoms with E-state index in [1.165, 1.54) is 4.90 Å². The summed E-state index contributed by atoms with van der Waals surface area (Å²) in [4.78, 5) is 38.1. The predicted octanol–water partition coefficient (Wildman–Crippen LogP) is 2.83. The first-order valence-electron chi connectivity index (χ1n) is 8.56. The highest BCUT2D eigenvalue weighted by molar-refractivity contribution is 6.00. The van der Waals surface area contributed by atoms with Gasteiger partial charge in [-0.05, 0) is 39.2 Å². The Morgan fingerprint density at radius 3 is 2.42 bits per heavy atom. The van der Waals surface area contributed by atoms with E-state index in [4.69, 9.17) is 9.47 Å². The van der Waals surface area contributed by atoms with Gasteiger partial charge in [-0.15, -0.1) is 0 Å². The van der Waals surface area contributed by atoms with Crippen molar-refractivity contribution in [1.29, 1.82) is 0 Å². The summed E-state index contributed by atoms with van der Waals surface area (Å²) in [5, 5.41) is 9.71. The largest absolute Gasteiger partial charge is 0.480 e. The number of esters is 1. The molecule has 1 aliphatic heterocycles. The fourth-order valence-electron chi connectivity index (χ4n) is 2.83. The number of hydrogen-bond donors (Lipinski definition) is 1. The van der Waals surface area contributed by atoms with Crippen LogP contribution in [0.2, 0.25) is 0 Å². The Labute approximate surface area is 152 Å². The third kappa shape index (κ3) is 4.74. The molecule has 0 aromatic heterocycles. The first kappa shape index (κ1) is 19.8. The monoisotopic (exact) mass is 363 g/mol. The van der Waals surface area contributed by atoms with Gasteiger partial charge in [-0.3, -0.25) is 9.59 Å². The van der Waals surface area contributed by atoms with Crippen LogP contribution >= 0.6 is 0 Å². The van der Waals surface area contributed by atoms with Gasteiger partial charge in [-0.1, -0.05) is 30.3 Å². The number of carbonyl (C=O) groups excluding carboxylic acids is 2. The van der Waals surface area contributed by atoms with E-state index in [1.807, 2.05) is 6.07 Å². The highest BCUT2D eigenvalue weighted by Crippen LogP contribution is 2.33. The van der Waals surface area contributed by atoms with Crippen LogP contribution in [-0.4, -0.2) is 46.7 Å². The highest BCUT2D eigenvalue weighted by atomic mass is 16.6. The highest BCUT2D eigenvalue weighted by Gasteiger charge is 2.52. The second-order valence-electron chi connectivity index (χ2n) is 7.45. The quantitative estimate of drug-likeness (QED) is 0.653. The summed E-state index contributed by atoms with van der Waals surface area (Å²) < 4.78 is 10.6. The molecule has 1 amide bonds. The maximum absolute atomic E-state index is 12.6. The molecular formula is C19H25NO6. The number of benzene rings is 1. The van der Waals surface area contributed by atoms with Gasteiger partial charge in [-0.2, -0.15) is 0 Å². The van der Waals surface area contributed by atoms with Crippen LogP contribution in [0.4, 0.5) is 4.79 Å². The van der Waals surface area contributed by atoms with Crippen molar-refractivity contribution in [1.82, 2.24) is 4.90 Å². The minimum Gasteiger partial charge on any atom is -0.480 e. The van der Waals surface area contributed by atoms with Gasteiger partial charge >= 0.3 is 18.0 Å². The number of carboxylic acid groups (broad SMARTS) is 1. The zero-order valence-corrected chi connectivity index (χ0v) is 15.4. The summed E-state index contributed by atoms with van der Waals surface area (Å²) >= 11 is 0. The third-order valence-corrected chi connectivity index (χ3v) is 4.16. The fourth-order valence-corrected chi connectivity index (χ4v) is 2.83. The smallest absolute Gasteiger partial charge is 0.410 e. The van der Waals surface area contributed by atoms with Crippen molar-refractivity contribution < 1.29 is 29.0 Å². The van der Waals surface area contributed by atoms with Crippen molar-refractivity contribution in [2.24, 2.45) is 5.41 Å². The van der Waals surface area contributed by atoms with Crippen LogP contribution in [0, 0.1) is 5.41 Å². The maximum atomic E-state index is 12.6. The Kier molecular flexibility index (Phi) is 5.90. The average Bonchev–Trinajstić information content (AvgIpc) is 2.59. The molecule has 1 unspecified atom stereocenters. The standard InChI is InChI=1S/C19H25NO6/c1-18(2,3)26-17(24)20-11-7-10-19(13-20,15(21)22)16(23)25-12-14-8-5-4-6-9-14/h4-6,8-9H,7,10-13H2,1-3H3,(H,21,22). The van der Waals surface area contributed by atoms with E-state index < -0.39 is 29.0 Å². The third-order valence-electron chi connectivity index (χ3n) is 4.16. The molecule has 0 radical (unpaired) electrons. The van der Waals surface area contributed by atoms with Crippen LogP contribution in [0.1, 0.15) is 39.2 Å². The molecule has 26 heavy (non-hydrogen) atoms. The molecule has 7 heteroatoms.